The molecular formula is C29H29N5O. The Labute approximate surface area is 206 Å². The second-order valence-corrected chi connectivity index (χ2v) is 8.99. The standard InChI is InChI=1S/C29H29N5O/c1-20(2)34-19-24-26(28(34)35)32-29(30-18-21-12-6-3-7-13-21)33-27(24)31-25(22-14-8-4-9-15-22)23-16-10-5-11-17-23/h3-17,20,25H,18-19H2,1-2H3,(H2,30,31,32,33). The van der Waals surface area contributed by atoms with Gasteiger partial charge in [0.15, 0.2) is 0 Å². The topological polar surface area (TPSA) is 70.2 Å². The third-order valence-electron chi connectivity index (χ3n) is 6.26. The fourth-order valence-corrected chi connectivity index (χ4v) is 4.37. The number of carbonyl (C=O) groups is 1. The quantitative estimate of drug-likeness (QED) is 0.353. The summed E-state index contributed by atoms with van der Waals surface area (Å²) in [6.07, 6.45) is 0. The van der Waals surface area contributed by atoms with Crippen molar-refractivity contribution in [1.29, 1.82) is 0 Å². The highest BCUT2D eigenvalue weighted by atomic mass is 16.2. The number of rotatable bonds is 8. The van der Waals surface area contributed by atoms with Crippen molar-refractivity contribution in [2.75, 3.05) is 10.6 Å². The van der Waals surface area contributed by atoms with E-state index in [9.17, 15) is 4.79 Å². The van der Waals surface area contributed by atoms with E-state index >= 15 is 0 Å². The number of aromatic nitrogens is 2. The predicted octanol–water partition coefficient (Wildman–Crippen LogP) is 5.65. The maximum absolute atomic E-state index is 13.2. The first-order valence-corrected chi connectivity index (χ1v) is 12.0. The molecule has 5 rings (SSSR count). The van der Waals surface area contributed by atoms with Gasteiger partial charge in [0.2, 0.25) is 5.95 Å². The van der Waals surface area contributed by atoms with Gasteiger partial charge in [-0.1, -0.05) is 91.0 Å². The number of nitrogens with one attached hydrogen (secondary N) is 2. The second kappa shape index (κ2) is 9.97. The Morgan fingerprint density at radius 2 is 1.40 bits per heavy atom. The Morgan fingerprint density at radius 1 is 0.829 bits per heavy atom. The lowest BCUT2D eigenvalue weighted by molar-refractivity contribution is 0.0726. The monoisotopic (exact) mass is 463 g/mol. The number of amides is 1. The SMILES string of the molecule is CC(C)N1Cc2c(NC(c3ccccc3)c3ccccc3)nc(NCc3ccccc3)nc2C1=O. The highest BCUT2D eigenvalue weighted by Gasteiger charge is 2.34. The van der Waals surface area contributed by atoms with Gasteiger partial charge >= 0.3 is 0 Å². The first-order chi connectivity index (χ1) is 17.1. The Morgan fingerprint density at radius 3 is 1.97 bits per heavy atom. The Kier molecular flexibility index (Phi) is 6.44. The molecule has 0 bridgehead atoms. The van der Waals surface area contributed by atoms with E-state index in [1.54, 1.807) is 0 Å². The highest BCUT2D eigenvalue weighted by molar-refractivity contribution is 5.98. The summed E-state index contributed by atoms with van der Waals surface area (Å²) >= 11 is 0. The van der Waals surface area contributed by atoms with Gasteiger partial charge in [0, 0.05) is 18.2 Å². The van der Waals surface area contributed by atoms with Gasteiger partial charge in [-0.05, 0) is 30.5 Å². The molecule has 1 aliphatic heterocycles. The Bertz CT molecular complexity index is 1250. The molecule has 0 atom stereocenters. The van der Waals surface area contributed by atoms with Gasteiger partial charge in [0.1, 0.15) is 11.5 Å². The van der Waals surface area contributed by atoms with Crippen molar-refractivity contribution in [3.63, 3.8) is 0 Å². The van der Waals surface area contributed by atoms with E-state index in [2.05, 4.69) is 39.9 Å². The first-order valence-electron chi connectivity index (χ1n) is 12.0. The molecule has 1 aromatic heterocycles. The van der Waals surface area contributed by atoms with E-state index < -0.39 is 0 Å². The number of anilines is 2. The molecule has 4 aromatic rings. The smallest absolute Gasteiger partial charge is 0.273 e. The van der Waals surface area contributed by atoms with Gasteiger partial charge < -0.3 is 15.5 Å². The van der Waals surface area contributed by atoms with Crippen LogP contribution in [0.25, 0.3) is 0 Å². The molecule has 3 aromatic carbocycles. The zero-order chi connectivity index (χ0) is 24.2. The molecule has 35 heavy (non-hydrogen) atoms. The summed E-state index contributed by atoms with van der Waals surface area (Å²) in [5.41, 5.74) is 4.66. The largest absolute Gasteiger partial charge is 0.359 e. The predicted molar refractivity (Wildman–Crippen MR) is 139 cm³/mol. The maximum Gasteiger partial charge on any atom is 0.273 e. The number of hydrogen-bond donors (Lipinski definition) is 2. The van der Waals surface area contributed by atoms with Gasteiger partial charge in [0.05, 0.1) is 12.6 Å². The van der Waals surface area contributed by atoms with Crippen molar-refractivity contribution in [1.82, 2.24) is 14.9 Å². The number of benzene rings is 3. The van der Waals surface area contributed by atoms with Crippen molar-refractivity contribution < 1.29 is 4.79 Å². The van der Waals surface area contributed by atoms with Gasteiger partial charge in [0.25, 0.3) is 5.91 Å². The number of nitrogens with zero attached hydrogens (tertiary/aromatic N) is 3. The average Bonchev–Trinajstić information content (AvgIpc) is 3.24. The van der Waals surface area contributed by atoms with Crippen LogP contribution in [0.15, 0.2) is 91.0 Å². The number of hydrogen-bond acceptors (Lipinski definition) is 5. The van der Waals surface area contributed by atoms with Crippen LogP contribution in [0, 0.1) is 0 Å². The van der Waals surface area contributed by atoms with Crippen molar-refractivity contribution in [3.8, 4) is 0 Å². The van der Waals surface area contributed by atoms with E-state index in [1.165, 1.54) is 0 Å². The average molecular weight is 464 g/mol. The molecule has 2 heterocycles. The molecule has 0 fully saturated rings. The summed E-state index contributed by atoms with van der Waals surface area (Å²) in [6.45, 7) is 5.11. The van der Waals surface area contributed by atoms with Gasteiger partial charge in [-0.25, -0.2) is 4.98 Å². The fourth-order valence-electron chi connectivity index (χ4n) is 4.37. The van der Waals surface area contributed by atoms with E-state index in [-0.39, 0.29) is 18.0 Å². The lowest BCUT2D eigenvalue weighted by atomic mass is 9.98. The van der Waals surface area contributed by atoms with Crippen LogP contribution in [0.1, 0.15) is 52.6 Å². The zero-order valence-electron chi connectivity index (χ0n) is 20.0. The molecule has 2 N–H and O–H groups in total. The molecule has 1 amide bonds. The van der Waals surface area contributed by atoms with Crippen LogP contribution in [-0.4, -0.2) is 26.8 Å². The molecule has 6 heteroatoms. The summed E-state index contributed by atoms with van der Waals surface area (Å²) in [6, 6.07) is 30.6. The molecule has 0 aliphatic carbocycles. The molecule has 0 spiro atoms. The summed E-state index contributed by atoms with van der Waals surface area (Å²) in [5.74, 6) is 1.06. The molecule has 0 unspecified atom stereocenters. The molecular weight excluding hydrogens is 434 g/mol. The molecule has 0 saturated heterocycles. The summed E-state index contributed by atoms with van der Waals surface area (Å²) in [7, 11) is 0. The number of fused-ring (bicyclic) bond motifs is 1. The van der Waals surface area contributed by atoms with Crippen LogP contribution in [0.3, 0.4) is 0 Å². The van der Waals surface area contributed by atoms with Crippen LogP contribution >= 0.6 is 0 Å². The van der Waals surface area contributed by atoms with E-state index in [0.717, 1.165) is 22.3 Å². The lowest BCUT2D eigenvalue weighted by Crippen LogP contribution is -2.31. The summed E-state index contributed by atoms with van der Waals surface area (Å²) in [4.78, 5) is 24.6. The van der Waals surface area contributed by atoms with Crippen LogP contribution in [0.4, 0.5) is 11.8 Å². The first kappa shape index (κ1) is 22.6. The number of carbonyl (C=O) groups excluding carboxylic acids is 1. The van der Waals surface area contributed by atoms with Crippen molar-refractivity contribution >= 4 is 17.7 Å². The Balaban J connectivity index is 1.54. The second-order valence-electron chi connectivity index (χ2n) is 8.99. The highest BCUT2D eigenvalue weighted by Crippen LogP contribution is 2.33. The van der Waals surface area contributed by atoms with Gasteiger partial charge in [-0.15, -0.1) is 0 Å². The Hall–Kier alpha value is -4.19. The molecule has 176 valence electrons. The van der Waals surface area contributed by atoms with Crippen LogP contribution in [0.5, 0.6) is 0 Å². The van der Waals surface area contributed by atoms with Gasteiger partial charge in [-0.2, -0.15) is 4.98 Å². The minimum atomic E-state index is -0.124. The van der Waals surface area contributed by atoms with Crippen LogP contribution in [0.2, 0.25) is 0 Å². The lowest BCUT2D eigenvalue weighted by Gasteiger charge is -2.23. The zero-order valence-corrected chi connectivity index (χ0v) is 20.0. The van der Waals surface area contributed by atoms with Crippen LogP contribution in [-0.2, 0) is 13.1 Å². The molecule has 6 nitrogen and oxygen atoms in total. The molecule has 1 aliphatic rings. The fraction of sp³-hybridized carbons (Fsp3) is 0.207. The third kappa shape index (κ3) is 4.87. The maximum atomic E-state index is 13.2. The third-order valence-corrected chi connectivity index (χ3v) is 6.26. The minimum Gasteiger partial charge on any atom is -0.359 e. The normalized spacial score (nSPS) is 12.8. The van der Waals surface area contributed by atoms with Crippen molar-refractivity contribution in [3.05, 3.63) is 119 Å². The van der Waals surface area contributed by atoms with E-state index in [1.807, 2.05) is 85.5 Å². The van der Waals surface area contributed by atoms with Gasteiger partial charge in [-0.3, -0.25) is 4.79 Å². The molecule has 0 radical (unpaired) electrons. The van der Waals surface area contributed by atoms with Crippen LogP contribution < -0.4 is 10.6 Å². The van der Waals surface area contributed by atoms with Crippen molar-refractivity contribution in [2.24, 2.45) is 0 Å². The van der Waals surface area contributed by atoms with E-state index in [0.29, 0.717) is 30.5 Å². The summed E-state index contributed by atoms with van der Waals surface area (Å²) < 4.78 is 0. The van der Waals surface area contributed by atoms with E-state index in [4.69, 9.17) is 4.98 Å². The molecule has 0 saturated carbocycles. The summed E-state index contributed by atoms with van der Waals surface area (Å²) in [5, 5.41) is 6.98. The minimum absolute atomic E-state index is 0.0563. The van der Waals surface area contributed by atoms with Crippen molar-refractivity contribution in [2.45, 2.75) is 39.0 Å².